The largest absolute Gasteiger partial charge is 0.451 e. The normalized spacial score (nSPS) is 20.6. The zero-order valence-electron chi connectivity index (χ0n) is 15.0. The number of hydrogen-bond donors (Lipinski definition) is 0. The number of fused-ring (bicyclic) bond motifs is 2. The highest BCUT2D eigenvalue weighted by Crippen LogP contribution is 2.42. The van der Waals surface area contributed by atoms with Crippen LogP contribution < -0.4 is 0 Å². The molecule has 7 heteroatoms. The van der Waals surface area contributed by atoms with Gasteiger partial charge in [-0.1, -0.05) is 23.8 Å². The average Bonchev–Trinajstić information content (AvgIpc) is 3.07. The van der Waals surface area contributed by atoms with Crippen molar-refractivity contribution in [3.05, 3.63) is 71.9 Å². The van der Waals surface area contributed by atoms with Crippen LogP contribution >= 0.6 is 0 Å². The van der Waals surface area contributed by atoms with E-state index in [-0.39, 0.29) is 17.4 Å². The Morgan fingerprint density at radius 3 is 2.67 bits per heavy atom. The third-order valence-corrected chi connectivity index (χ3v) is 6.27. The highest BCUT2D eigenvalue weighted by molar-refractivity contribution is 7.86. The molecule has 0 amide bonds. The summed E-state index contributed by atoms with van der Waals surface area (Å²) >= 11 is 0. The number of benzene rings is 1. The number of pyridine rings is 1. The molecule has 0 saturated carbocycles. The molecular weight excluding hydrogens is 366 g/mol. The minimum absolute atomic E-state index is 0.0562. The molecule has 0 fully saturated rings. The Kier molecular flexibility index (Phi) is 4.65. The summed E-state index contributed by atoms with van der Waals surface area (Å²) in [6.07, 6.45) is 6.71. The van der Waals surface area contributed by atoms with E-state index in [1.54, 1.807) is 30.5 Å². The van der Waals surface area contributed by atoms with Crippen LogP contribution in [0.25, 0.3) is 0 Å². The molecule has 2 aromatic rings. The molecule has 1 atom stereocenters. The first-order chi connectivity index (χ1) is 13.0. The van der Waals surface area contributed by atoms with Crippen molar-refractivity contribution in [3.8, 4) is 0 Å². The van der Waals surface area contributed by atoms with E-state index in [0.29, 0.717) is 6.42 Å². The molecule has 2 heterocycles. The highest BCUT2D eigenvalue weighted by Gasteiger charge is 2.45. The molecule has 1 aromatic carbocycles. The standard InChI is InChI=1S/C20H21NO5S/c1-15-4-8-18(9-5-15)27(22,23)26-14-16-6-7-17-3-2-10-21-19(17)20(13-16)24-11-12-25-20/h2-5,8-12,16H,6-7,13-14H2,1H3/t16-/m0/s1. The number of hydrogen-bond acceptors (Lipinski definition) is 6. The Bertz CT molecular complexity index is 945. The number of rotatable bonds is 4. The van der Waals surface area contributed by atoms with E-state index >= 15 is 0 Å². The molecule has 1 spiro atoms. The van der Waals surface area contributed by atoms with E-state index in [0.717, 1.165) is 29.7 Å². The molecule has 142 valence electrons. The van der Waals surface area contributed by atoms with Crippen molar-refractivity contribution in [1.29, 1.82) is 0 Å². The van der Waals surface area contributed by atoms with Crippen molar-refractivity contribution in [1.82, 2.24) is 4.98 Å². The van der Waals surface area contributed by atoms with Crippen LogP contribution in [0, 0.1) is 12.8 Å². The summed E-state index contributed by atoms with van der Waals surface area (Å²) in [6, 6.07) is 10.5. The smallest absolute Gasteiger partial charge is 0.296 e. The van der Waals surface area contributed by atoms with Gasteiger partial charge in [-0.05, 0) is 49.4 Å². The van der Waals surface area contributed by atoms with Gasteiger partial charge in [0.05, 0.1) is 11.5 Å². The van der Waals surface area contributed by atoms with Crippen LogP contribution in [0.1, 0.15) is 29.7 Å². The fraction of sp³-hybridized carbons (Fsp3) is 0.350. The summed E-state index contributed by atoms with van der Waals surface area (Å²) in [5.41, 5.74) is 2.79. The lowest BCUT2D eigenvalue weighted by atomic mass is 9.97. The Balaban J connectivity index is 1.51. The van der Waals surface area contributed by atoms with Gasteiger partial charge >= 0.3 is 0 Å². The Morgan fingerprint density at radius 1 is 1.19 bits per heavy atom. The molecule has 0 N–H and O–H groups in total. The lowest BCUT2D eigenvalue weighted by Crippen LogP contribution is -2.32. The first-order valence-corrected chi connectivity index (χ1v) is 10.3. The number of aryl methyl sites for hydroxylation is 2. The fourth-order valence-electron chi connectivity index (χ4n) is 3.53. The summed E-state index contributed by atoms with van der Waals surface area (Å²) in [5, 5.41) is 0. The second-order valence-corrected chi connectivity index (χ2v) is 8.55. The van der Waals surface area contributed by atoms with Gasteiger partial charge in [-0.25, -0.2) is 0 Å². The van der Waals surface area contributed by atoms with Gasteiger partial charge in [0, 0.05) is 12.6 Å². The first-order valence-electron chi connectivity index (χ1n) is 8.90. The first kappa shape index (κ1) is 18.0. The van der Waals surface area contributed by atoms with Gasteiger partial charge in [-0.2, -0.15) is 8.42 Å². The molecule has 2 aliphatic rings. The Labute approximate surface area is 158 Å². The van der Waals surface area contributed by atoms with Crippen molar-refractivity contribution in [2.75, 3.05) is 6.61 Å². The molecule has 1 aliphatic heterocycles. The SMILES string of the molecule is Cc1ccc(S(=O)(=O)OC[C@H]2CCc3cccnc3C3(C2)OC=CO3)cc1. The van der Waals surface area contributed by atoms with Crippen LogP contribution in [0.15, 0.2) is 60.0 Å². The van der Waals surface area contributed by atoms with Crippen molar-refractivity contribution < 1.29 is 22.1 Å². The molecule has 1 aromatic heterocycles. The van der Waals surface area contributed by atoms with Crippen LogP contribution in [0.5, 0.6) is 0 Å². The second-order valence-electron chi connectivity index (χ2n) is 6.93. The maximum absolute atomic E-state index is 12.5. The molecule has 0 saturated heterocycles. The quantitative estimate of drug-likeness (QED) is 0.749. The molecule has 1 aliphatic carbocycles. The predicted molar refractivity (Wildman–Crippen MR) is 98.0 cm³/mol. The van der Waals surface area contributed by atoms with Crippen molar-refractivity contribution in [2.24, 2.45) is 5.92 Å². The average molecular weight is 387 g/mol. The molecule has 6 nitrogen and oxygen atoms in total. The van der Waals surface area contributed by atoms with E-state index < -0.39 is 15.9 Å². The molecule has 0 unspecified atom stereocenters. The topological polar surface area (TPSA) is 74.7 Å². The summed E-state index contributed by atoms with van der Waals surface area (Å²) in [7, 11) is -3.80. The van der Waals surface area contributed by atoms with Crippen molar-refractivity contribution in [2.45, 2.75) is 36.9 Å². The van der Waals surface area contributed by atoms with Crippen LogP contribution in [-0.2, 0) is 36.0 Å². The number of nitrogens with zero attached hydrogens (tertiary/aromatic N) is 1. The van der Waals surface area contributed by atoms with Crippen molar-refractivity contribution >= 4 is 10.1 Å². The van der Waals surface area contributed by atoms with E-state index in [4.69, 9.17) is 13.7 Å². The molecule has 27 heavy (non-hydrogen) atoms. The minimum Gasteiger partial charge on any atom is -0.451 e. The molecule has 0 radical (unpaired) electrons. The van der Waals surface area contributed by atoms with Gasteiger partial charge in [-0.15, -0.1) is 0 Å². The van der Waals surface area contributed by atoms with E-state index in [2.05, 4.69) is 4.98 Å². The second kappa shape index (κ2) is 6.98. The van der Waals surface area contributed by atoms with Crippen LogP contribution in [0.2, 0.25) is 0 Å². The van der Waals surface area contributed by atoms with Crippen LogP contribution in [0.4, 0.5) is 0 Å². The van der Waals surface area contributed by atoms with E-state index in [1.165, 1.54) is 12.5 Å². The fourth-order valence-corrected chi connectivity index (χ4v) is 4.51. The molecule has 4 rings (SSSR count). The molecular formula is C20H21NO5S. The number of ether oxygens (including phenoxy) is 2. The summed E-state index contributed by atoms with van der Waals surface area (Å²) < 4.78 is 41.9. The minimum atomic E-state index is -3.80. The van der Waals surface area contributed by atoms with E-state index in [9.17, 15) is 8.42 Å². The van der Waals surface area contributed by atoms with Gasteiger partial charge in [0.1, 0.15) is 18.2 Å². The molecule has 0 bridgehead atoms. The lowest BCUT2D eigenvalue weighted by Gasteiger charge is -2.29. The van der Waals surface area contributed by atoms with Gasteiger partial charge in [0.25, 0.3) is 15.9 Å². The highest BCUT2D eigenvalue weighted by atomic mass is 32.2. The van der Waals surface area contributed by atoms with E-state index in [1.807, 2.05) is 19.1 Å². The number of aromatic nitrogens is 1. The lowest BCUT2D eigenvalue weighted by molar-refractivity contribution is -0.167. The van der Waals surface area contributed by atoms with Gasteiger partial charge in [-0.3, -0.25) is 9.17 Å². The predicted octanol–water partition coefficient (Wildman–Crippen LogP) is 3.42. The summed E-state index contributed by atoms with van der Waals surface area (Å²) in [4.78, 5) is 4.63. The maximum atomic E-state index is 12.5. The third-order valence-electron chi connectivity index (χ3n) is 4.97. The van der Waals surface area contributed by atoms with Gasteiger partial charge < -0.3 is 9.47 Å². The summed E-state index contributed by atoms with van der Waals surface area (Å²) in [6.45, 7) is 1.97. The van der Waals surface area contributed by atoms with Crippen molar-refractivity contribution in [3.63, 3.8) is 0 Å². The monoisotopic (exact) mass is 387 g/mol. The maximum Gasteiger partial charge on any atom is 0.296 e. The Hall–Kier alpha value is -2.38. The van der Waals surface area contributed by atoms with Gasteiger partial charge in [0.2, 0.25) is 0 Å². The van der Waals surface area contributed by atoms with Gasteiger partial charge in [0.15, 0.2) is 0 Å². The summed E-state index contributed by atoms with van der Waals surface area (Å²) in [5.74, 6) is -1.06. The zero-order chi connectivity index (χ0) is 18.9. The van der Waals surface area contributed by atoms with Crippen LogP contribution in [0.3, 0.4) is 0 Å². The third kappa shape index (κ3) is 3.57. The van der Waals surface area contributed by atoms with Crippen LogP contribution in [-0.4, -0.2) is 20.0 Å². The zero-order valence-corrected chi connectivity index (χ0v) is 15.8. The Morgan fingerprint density at radius 2 is 1.93 bits per heavy atom.